The van der Waals surface area contributed by atoms with Gasteiger partial charge in [-0.1, -0.05) is 0 Å². The second-order valence-corrected chi connectivity index (χ2v) is 2.72. The highest BCUT2D eigenvalue weighted by Crippen LogP contribution is 2.20. The van der Waals surface area contributed by atoms with Crippen molar-refractivity contribution < 1.29 is 4.79 Å². The largest absolute Gasteiger partial charge is 0.333 e. The summed E-state index contributed by atoms with van der Waals surface area (Å²) in [6, 6.07) is 1.78. The standard InChI is InChI=1S/C8H9N3O/c1-11-7-2-3-9-4-6(7)5-10-8(11)12/h2-4H,5H2,1H3,(H,10,12). The summed E-state index contributed by atoms with van der Waals surface area (Å²) in [6.07, 6.45) is 3.46. The van der Waals surface area contributed by atoms with E-state index < -0.39 is 0 Å². The van der Waals surface area contributed by atoms with Gasteiger partial charge in [0.25, 0.3) is 0 Å². The number of fused-ring (bicyclic) bond motifs is 1. The number of hydrogen-bond acceptors (Lipinski definition) is 2. The minimum atomic E-state index is -0.0614. The van der Waals surface area contributed by atoms with E-state index in [1.165, 1.54) is 0 Å². The summed E-state index contributed by atoms with van der Waals surface area (Å²) in [7, 11) is 1.74. The summed E-state index contributed by atoms with van der Waals surface area (Å²) < 4.78 is 0. The Balaban J connectivity index is 2.48. The smallest absolute Gasteiger partial charge is 0.321 e. The molecule has 0 aliphatic carbocycles. The Morgan fingerprint density at radius 2 is 2.50 bits per heavy atom. The molecular weight excluding hydrogens is 154 g/mol. The lowest BCUT2D eigenvalue weighted by atomic mass is 10.2. The first-order valence-corrected chi connectivity index (χ1v) is 3.73. The number of hydrogen-bond donors (Lipinski definition) is 1. The van der Waals surface area contributed by atoms with Crippen LogP contribution in [0.1, 0.15) is 5.56 Å². The van der Waals surface area contributed by atoms with Crippen molar-refractivity contribution in [3.8, 4) is 0 Å². The van der Waals surface area contributed by atoms with Gasteiger partial charge in [-0.3, -0.25) is 9.88 Å². The van der Waals surface area contributed by atoms with Gasteiger partial charge in [0.15, 0.2) is 0 Å². The molecule has 1 aromatic heterocycles. The fourth-order valence-electron chi connectivity index (χ4n) is 1.28. The molecule has 4 nitrogen and oxygen atoms in total. The van der Waals surface area contributed by atoms with Crippen LogP contribution in [0.2, 0.25) is 0 Å². The molecule has 1 aromatic rings. The number of nitrogens with zero attached hydrogens (tertiary/aromatic N) is 2. The molecule has 1 aliphatic heterocycles. The third-order valence-corrected chi connectivity index (χ3v) is 1.97. The SMILES string of the molecule is CN1C(=O)NCc2cnccc21. The molecule has 0 saturated heterocycles. The lowest BCUT2D eigenvalue weighted by molar-refractivity contribution is 0.246. The first kappa shape index (κ1) is 7.09. The fourth-order valence-corrected chi connectivity index (χ4v) is 1.28. The van der Waals surface area contributed by atoms with Crippen LogP contribution in [0.15, 0.2) is 18.5 Å². The van der Waals surface area contributed by atoms with Crippen molar-refractivity contribution in [2.24, 2.45) is 0 Å². The molecular formula is C8H9N3O. The van der Waals surface area contributed by atoms with E-state index in [0.717, 1.165) is 11.3 Å². The van der Waals surface area contributed by atoms with E-state index in [1.54, 1.807) is 24.3 Å². The van der Waals surface area contributed by atoms with Gasteiger partial charge in [-0.15, -0.1) is 0 Å². The lowest BCUT2D eigenvalue weighted by Crippen LogP contribution is -2.41. The number of aromatic nitrogens is 1. The molecule has 0 unspecified atom stereocenters. The van der Waals surface area contributed by atoms with Crippen LogP contribution in [0.3, 0.4) is 0 Å². The molecule has 0 spiro atoms. The number of rotatable bonds is 0. The van der Waals surface area contributed by atoms with E-state index in [2.05, 4.69) is 10.3 Å². The van der Waals surface area contributed by atoms with E-state index in [9.17, 15) is 4.79 Å². The van der Waals surface area contributed by atoms with Crippen molar-refractivity contribution in [3.05, 3.63) is 24.0 Å². The van der Waals surface area contributed by atoms with Gasteiger partial charge in [0.2, 0.25) is 0 Å². The van der Waals surface area contributed by atoms with Crippen LogP contribution in [-0.4, -0.2) is 18.1 Å². The van der Waals surface area contributed by atoms with E-state index >= 15 is 0 Å². The Kier molecular flexibility index (Phi) is 1.46. The fraction of sp³-hybridized carbons (Fsp3) is 0.250. The first-order chi connectivity index (χ1) is 5.79. The maximum Gasteiger partial charge on any atom is 0.321 e. The number of nitrogens with one attached hydrogen (secondary N) is 1. The average Bonchev–Trinajstić information content (AvgIpc) is 2.12. The van der Waals surface area contributed by atoms with Crippen molar-refractivity contribution in [3.63, 3.8) is 0 Å². The van der Waals surface area contributed by atoms with Gasteiger partial charge in [-0.2, -0.15) is 0 Å². The van der Waals surface area contributed by atoms with Gasteiger partial charge in [-0.25, -0.2) is 4.79 Å². The van der Waals surface area contributed by atoms with Gasteiger partial charge in [-0.05, 0) is 6.07 Å². The topological polar surface area (TPSA) is 45.2 Å². The molecule has 1 N–H and O–H groups in total. The van der Waals surface area contributed by atoms with Crippen molar-refractivity contribution in [2.75, 3.05) is 11.9 Å². The predicted molar refractivity (Wildman–Crippen MR) is 44.9 cm³/mol. The third kappa shape index (κ3) is 0.922. The van der Waals surface area contributed by atoms with Gasteiger partial charge < -0.3 is 5.32 Å². The molecule has 0 aromatic carbocycles. The maximum atomic E-state index is 11.2. The number of pyridine rings is 1. The van der Waals surface area contributed by atoms with Gasteiger partial charge in [0.05, 0.1) is 5.69 Å². The monoisotopic (exact) mass is 163 g/mol. The van der Waals surface area contributed by atoms with Gasteiger partial charge in [0, 0.05) is 31.5 Å². The summed E-state index contributed by atoms with van der Waals surface area (Å²) in [5, 5.41) is 2.73. The van der Waals surface area contributed by atoms with Crippen LogP contribution in [0.5, 0.6) is 0 Å². The zero-order valence-corrected chi connectivity index (χ0v) is 6.74. The summed E-state index contributed by atoms with van der Waals surface area (Å²) in [5.41, 5.74) is 1.99. The number of anilines is 1. The molecule has 0 bridgehead atoms. The minimum absolute atomic E-state index is 0.0614. The molecule has 0 saturated carbocycles. The molecule has 1 aliphatic rings. The summed E-state index contributed by atoms with van der Waals surface area (Å²) >= 11 is 0. The van der Waals surface area contributed by atoms with E-state index in [4.69, 9.17) is 0 Å². The van der Waals surface area contributed by atoms with Crippen LogP contribution >= 0.6 is 0 Å². The Morgan fingerprint density at radius 1 is 1.67 bits per heavy atom. The molecule has 2 rings (SSSR count). The molecule has 62 valence electrons. The van der Waals surface area contributed by atoms with Crippen molar-refractivity contribution in [1.82, 2.24) is 10.3 Å². The van der Waals surface area contributed by atoms with Crippen LogP contribution in [0.25, 0.3) is 0 Å². The normalized spacial score (nSPS) is 15.4. The highest BCUT2D eigenvalue weighted by Gasteiger charge is 2.19. The highest BCUT2D eigenvalue weighted by atomic mass is 16.2. The van der Waals surface area contributed by atoms with E-state index in [-0.39, 0.29) is 6.03 Å². The van der Waals surface area contributed by atoms with Crippen LogP contribution in [0.4, 0.5) is 10.5 Å². The summed E-state index contributed by atoms with van der Waals surface area (Å²) in [6.45, 7) is 0.576. The first-order valence-electron chi connectivity index (χ1n) is 3.73. The number of carbonyl (C=O) groups excluding carboxylic acids is 1. The third-order valence-electron chi connectivity index (χ3n) is 1.97. The Labute approximate surface area is 70.2 Å². The van der Waals surface area contributed by atoms with Crippen molar-refractivity contribution >= 4 is 11.7 Å². The minimum Gasteiger partial charge on any atom is -0.333 e. The Hall–Kier alpha value is -1.58. The van der Waals surface area contributed by atoms with Gasteiger partial charge in [0.1, 0.15) is 0 Å². The van der Waals surface area contributed by atoms with Gasteiger partial charge >= 0.3 is 6.03 Å². The molecule has 12 heavy (non-hydrogen) atoms. The summed E-state index contributed by atoms with van der Waals surface area (Å²) in [5.74, 6) is 0. The van der Waals surface area contributed by atoms with Crippen LogP contribution in [0, 0.1) is 0 Å². The van der Waals surface area contributed by atoms with Crippen LogP contribution in [-0.2, 0) is 6.54 Å². The Bertz CT molecular complexity index is 324. The highest BCUT2D eigenvalue weighted by molar-refractivity contribution is 5.93. The lowest BCUT2D eigenvalue weighted by Gasteiger charge is -2.25. The van der Waals surface area contributed by atoms with Crippen molar-refractivity contribution in [1.29, 1.82) is 0 Å². The number of urea groups is 1. The number of amides is 2. The molecule has 2 heterocycles. The molecule has 4 heteroatoms. The van der Waals surface area contributed by atoms with E-state index in [1.807, 2.05) is 6.07 Å². The number of carbonyl (C=O) groups is 1. The second-order valence-electron chi connectivity index (χ2n) is 2.72. The zero-order chi connectivity index (χ0) is 8.55. The summed E-state index contributed by atoms with van der Waals surface area (Å²) in [4.78, 5) is 16.7. The Morgan fingerprint density at radius 3 is 3.33 bits per heavy atom. The molecule has 2 amide bonds. The average molecular weight is 163 g/mol. The molecule has 0 fully saturated rings. The van der Waals surface area contributed by atoms with Crippen LogP contribution < -0.4 is 10.2 Å². The second kappa shape index (κ2) is 2.48. The predicted octanol–water partition coefficient (Wildman–Crippen LogP) is 0.741. The molecule has 0 radical (unpaired) electrons. The quantitative estimate of drug-likeness (QED) is 0.613. The van der Waals surface area contributed by atoms with Crippen molar-refractivity contribution in [2.45, 2.75) is 6.54 Å². The van der Waals surface area contributed by atoms with E-state index in [0.29, 0.717) is 6.54 Å². The maximum absolute atomic E-state index is 11.2. The molecule has 0 atom stereocenters. The zero-order valence-electron chi connectivity index (χ0n) is 6.74.